The summed E-state index contributed by atoms with van der Waals surface area (Å²) in [6.07, 6.45) is 0. The summed E-state index contributed by atoms with van der Waals surface area (Å²) in [4.78, 5) is 15.8. The van der Waals surface area contributed by atoms with Crippen molar-refractivity contribution in [2.75, 3.05) is 36.4 Å². The molecule has 1 atom stereocenters. The minimum atomic E-state index is -0.511. The van der Waals surface area contributed by atoms with Crippen LogP contribution in [0.3, 0.4) is 0 Å². The average Bonchev–Trinajstić information content (AvgIpc) is 2.65. The maximum absolute atomic E-state index is 13.2. The summed E-state index contributed by atoms with van der Waals surface area (Å²) in [7, 11) is 0. The predicted molar refractivity (Wildman–Crippen MR) is 101 cm³/mol. The van der Waals surface area contributed by atoms with Gasteiger partial charge in [-0.2, -0.15) is 0 Å². The smallest absolute Gasteiger partial charge is 0.282 e. The van der Waals surface area contributed by atoms with E-state index in [-0.39, 0.29) is 22.7 Å². The van der Waals surface area contributed by atoms with Crippen LogP contribution in [0.2, 0.25) is 5.02 Å². The normalized spacial score (nSPS) is 16.3. The quantitative estimate of drug-likeness (QED) is 0.762. The molecule has 0 aromatic heterocycles. The van der Waals surface area contributed by atoms with Gasteiger partial charge in [0, 0.05) is 5.69 Å². The van der Waals surface area contributed by atoms with Gasteiger partial charge in [0.1, 0.15) is 11.6 Å². The van der Waals surface area contributed by atoms with Gasteiger partial charge in [0.15, 0.2) is 6.04 Å². The molecule has 2 aromatic carbocycles. The Morgan fingerprint density at radius 2 is 1.96 bits per heavy atom. The Morgan fingerprint density at radius 1 is 1.27 bits per heavy atom. The van der Waals surface area contributed by atoms with Crippen molar-refractivity contribution in [3.05, 3.63) is 53.3 Å². The first-order valence-electron chi connectivity index (χ1n) is 8.59. The van der Waals surface area contributed by atoms with Gasteiger partial charge >= 0.3 is 0 Å². The Labute approximate surface area is 157 Å². The number of anilines is 2. The summed E-state index contributed by atoms with van der Waals surface area (Å²) in [6.45, 7) is 4.96. The first kappa shape index (κ1) is 18.5. The van der Waals surface area contributed by atoms with Gasteiger partial charge in [0.05, 0.1) is 36.9 Å². The molecule has 3 N–H and O–H groups in total. The predicted octanol–water partition coefficient (Wildman–Crippen LogP) is 1.92. The molecule has 1 amide bonds. The lowest BCUT2D eigenvalue weighted by Gasteiger charge is -2.36. The number of hydrogen-bond acceptors (Lipinski definition) is 3. The molecule has 1 aliphatic rings. The zero-order valence-electron chi connectivity index (χ0n) is 14.5. The number of para-hydroxylation sites is 2. The number of halogens is 2. The fraction of sp³-hybridized carbons (Fsp3) is 0.316. The van der Waals surface area contributed by atoms with Crippen molar-refractivity contribution in [2.24, 2.45) is 0 Å². The van der Waals surface area contributed by atoms with Crippen molar-refractivity contribution < 1.29 is 19.2 Å². The van der Waals surface area contributed by atoms with Gasteiger partial charge in [0.2, 0.25) is 0 Å². The fourth-order valence-electron chi connectivity index (χ4n) is 3.21. The Balaban J connectivity index is 1.57. The van der Waals surface area contributed by atoms with Crippen LogP contribution in [0.1, 0.15) is 6.92 Å². The van der Waals surface area contributed by atoms with E-state index in [1.165, 1.54) is 23.1 Å². The van der Waals surface area contributed by atoms with Gasteiger partial charge < -0.3 is 20.2 Å². The highest BCUT2D eigenvalue weighted by molar-refractivity contribution is 6.31. The second kappa shape index (κ2) is 7.93. The van der Waals surface area contributed by atoms with Crippen molar-refractivity contribution in [2.45, 2.75) is 13.0 Å². The van der Waals surface area contributed by atoms with Crippen LogP contribution in [0, 0.1) is 5.82 Å². The fourth-order valence-corrected chi connectivity index (χ4v) is 3.39. The van der Waals surface area contributed by atoms with Crippen LogP contribution in [0.4, 0.5) is 15.8 Å². The Morgan fingerprint density at radius 3 is 2.62 bits per heavy atom. The van der Waals surface area contributed by atoms with E-state index in [4.69, 9.17) is 11.6 Å². The number of phenols is 1. The van der Waals surface area contributed by atoms with E-state index in [9.17, 15) is 14.3 Å². The highest BCUT2D eigenvalue weighted by atomic mass is 35.5. The highest BCUT2D eigenvalue weighted by Crippen LogP contribution is 2.26. The van der Waals surface area contributed by atoms with Crippen LogP contribution in [0.25, 0.3) is 0 Å². The molecule has 3 rings (SSSR count). The second-order valence-electron chi connectivity index (χ2n) is 6.47. The van der Waals surface area contributed by atoms with Crippen LogP contribution in [0.15, 0.2) is 42.5 Å². The molecular formula is C19H22ClFN3O2+. The standard InChI is InChI=1S/C19H21ClFN3O2/c1-13(19(26)22-14-6-7-16(21)15(20)12-14)23-8-10-24(11-9-23)17-4-2-3-5-18(17)25/h2-7,12-13,25H,8-11H2,1H3,(H,22,26)/p+1/t13-/m1/s1. The highest BCUT2D eigenvalue weighted by Gasteiger charge is 2.30. The summed E-state index contributed by atoms with van der Waals surface area (Å²) in [5, 5.41) is 12.8. The van der Waals surface area contributed by atoms with Gasteiger partial charge in [-0.05, 0) is 37.3 Å². The molecule has 1 fully saturated rings. The number of carbonyl (C=O) groups is 1. The lowest BCUT2D eigenvalue weighted by molar-refractivity contribution is -0.914. The van der Waals surface area contributed by atoms with Crippen molar-refractivity contribution in [1.82, 2.24) is 0 Å². The number of phenolic OH excluding ortho intramolecular Hbond substituents is 1. The third kappa shape index (κ3) is 4.08. The van der Waals surface area contributed by atoms with Crippen molar-refractivity contribution in [3.8, 4) is 5.75 Å². The topological polar surface area (TPSA) is 57.0 Å². The lowest BCUT2D eigenvalue weighted by Crippen LogP contribution is -3.19. The molecule has 1 heterocycles. The van der Waals surface area contributed by atoms with Gasteiger partial charge in [0.25, 0.3) is 5.91 Å². The molecule has 0 bridgehead atoms. The molecule has 7 heteroatoms. The minimum Gasteiger partial charge on any atom is -0.506 e. The summed E-state index contributed by atoms with van der Waals surface area (Å²) in [6, 6.07) is 11.2. The van der Waals surface area contributed by atoms with Crippen LogP contribution in [-0.2, 0) is 4.79 Å². The molecule has 0 unspecified atom stereocenters. The number of amides is 1. The number of benzene rings is 2. The maximum Gasteiger partial charge on any atom is 0.282 e. The molecule has 26 heavy (non-hydrogen) atoms. The lowest BCUT2D eigenvalue weighted by atomic mass is 10.2. The van der Waals surface area contributed by atoms with Crippen LogP contribution >= 0.6 is 11.6 Å². The Kier molecular flexibility index (Phi) is 5.64. The number of nitrogens with zero attached hydrogens (tertiary/aromatic N) is 1. The maximum atomic E-state index is 13.2. The first-order chi connectivity index (χ1) is 12.5. The summed E-state index contributed by atoms with van der Waals surface area (Å²) < 4.78 is 13.2. The van der Waals surface area contributed by atoms with E-state index in [2.05, 4.69) is 10.2 Å². The third-order valence-corrected chi connectivity index (χ3v) is 5.11. The number of carbonyl (C=O) groups excluding carboxylic acids is 1. The molecule has 1 aliphatic heterocycles. The monoisotopic (exact) mass is 378 g/mol. The largest absolute Gasteiger partial charge is 0.506 e. The number of hydrogen-bond donors (Lipinski definition) is 3. The molecule has 0 radical (unpaired) electrons. The average molecular weight is 379 g/mol. The minimum absolute atomic E-state index is 0.0147. The first-order valence-corrected chi connectivity index (χ1v) is 8.97. The molecule has 0 spiro atoms. The molecule has 5 nitrogen and oxygen atoms in total. The van der Waals surface area contributed by atoms with Gasteiger partial charge in [-0.3, -0.25) is 4.79 Å². The van der Waals surface area contributed by atoms with Gasteiger partial charge in [-0.1, -0.05) is 23.7 Å². The van der Waals surface area contributed by atoms with Crippen molar-refractivity contribution in [3.63, 3.8) is 0 Å². The van der Waals surface area contributed by atoms with E-state index in [0.29, 0.717) is 5.69 Å². The van der Waals surface area contributed by atoms with Crippen molar-refractivity contribution >= 4 is 28.9 Å². The van der Waals surface area contributed by atoms with E-state index in [1.54, 1.807) is 12.1 Å². The zero-order chi connectivity index (χ0) is 18.7. The summed E-state index contributed by atoms with van der Waals surface area (Å²) >= 11 is 5.76. The second-order valence-corrected chi connectivity index (χ2v) is 6.88. The molecule has 1 saturated heterocycles. The van der Waals surface area contributed by atoms with Crippen LogP contribution in [0.5, 0.6) is 5.75 Å². The van der Waals surface area contributed by atoms with Gasteiger partial charge in [-0.15, -0.1) is 0 Å². The summed E-state index contributed by atoms with van der Waals surface area (Å²) in [5.41, 5.74) is 1.31. The van der Waals surface area contributed by atoms with Gasteiger partial charge in [-0.25, -0.2) is 4.39 Å². The molecule has 0 saturated carbocycles. The molecule has 2 aromatic rings. The third-order valence-electron chi connectivity index (χ3n) is 4.82. The number of aromatic hydroxyl groups is 1. The number of nitrogens with one attached hydrogen (secondary N) is 2. The SMILES string of the molecule is C[C@H](C(=O)Nc1ccc(F)c(Cl)c1)[NH+]1CCN(c2ccccc2O)CC1. The van der Waals surface area contributed by atoms with E-state index >= 15 is 0 Å². The number of rotatable bonds is 4. The number of piperazine rings is 1. The van der Waals surface area contributed by atoms with E-state index in [0.717, 1.165) is 31.9 Å². The van der Waals surface area contributed by atoms with E-state index < -0.39 is 5.82 Å². The molecule has 0 aliphatic carbocycles. The van der Waals surface area contributed by atoms with Crippen LogP contribution < -0.4 is 15.1 Å². The van der Waals surface area contributed by atoms with Crippen LogP contribution in [-0.4, -0.2) is 43.2 Å². The number of quaternary nitrogens is 1. The Hall–Kier alpha value is -2.31. The molecule has 138 valence electrons. The Bertz CT molecular complexity index is 794. The van der Waals surface area contributed by atoms with Crippen molar-refractivity contribution in [1.29, 1.82) is 0 Å². The zero-order valence-corrected chi connectivity index (χ0v) is 15.3. The van der Waals surface area contributed by atoms with E-state index in [1.807, 2.05) is 19.1 Å². The molecular weight excluding hydrogens is 357 g/mol. The summed E-state index contributed by atoms with van der Waals surface area (Å²) in [5.74, 6) is -0.364.